The molecule has 0 aliphatic carbocycles. The second kappa shape index (κ2) is 8.43. The molecule has 0 aliphatic rings. The number of para-hydroxylation sites is 2. The van der Waals surface area contributed by atoms with Gasteiger partial charge in [0.2, 0.25) is 0 Å². The third-order valence-corrected chi connectivity index (χ3v) is 5.56. The van der Waals surface area contributed by atoms with Crippen molar-refractivity contribution in [2.75, 3.05) is 4.90 Å². The fraction of sp³-hybridized carbons (Fsp3) is 0.308. The Hall–Kier alpha value is -2.54. The molecular formula is C26H31N. The van der Waals surface area contributed by atoms with Crippen LogP contribution < -0.4 is 4.90 Å². The molecule has 0 radical (unpaired) electrons. The molecule has 0 aliphatic heterocycles. The van der Waals surface area contributed by atoms with Gasteiger partial charge in [0.15, 0.2) is 0 Å². The van der Waals surface area contributed by atoms with Crippen LogP contribution in [0.3, 0.4) is 0 Å². The van der Waals surface area contributed by atoms with Crippen molar-refractivity contribution in [3.05, 3.63) is 90.5 Å². The highest BCUT2D eigenvalue weighted by Gasteiger charge is 2.20. The summed E-state index contributed by atoms with van der Waals surface area (Å²) in [5, 5.41) is 0. The summed E-state index contributed by atoms with van der Waals surface area (Å²) >= 11 is 0. The Bertz CT molecular complexity index is 780. The van der Waals surface area contributed by atoms with Crippen molar-refractivity contribution in [3.8, 4) is 0 Å². The number of benzene rings is 3. The first kappa shape index (κ1) is 19.2. The van der Waals surface area contributed by atoms with E-state index < -0.39 is 0 Å². The quantitative estimate of drug-likeness (QED) is 0.413. The maximum atomic E-state index is 2.37. The Labute approximate surface area is 164 Å². The summed E-state index contributed by atoms with van der Waals surface area (Å²) in [6.45, 7) is 9.36. The van der Waals surface area contributed by atoms with Gasteiger partial charge in [-0.05, 0) is 59.7 Å². The van der Waals surface area contributed by atoms with Gasteiger partial charge in [0, 0.05) is 17.1 Å². The Morgan fingerprint density at radius 2 is 1.15 bits per heavy atom. The third-order valence-electron chi connectivity index (χ3n) is 5.56. The highest BCUT2D eigenvalue weighted by atomic mass is 15.1. The van der Waals surface area contributed by atoms with Crippen LogP contribution in [0.4, 0.5) is 17.1 Å². The van der Waals surface area contributed by atoms with Crippen molar-refractivity contribution in [1.82, 2.24) is 0 Å². The molecule has 140 valence electrons. The minimum atomic E-state index is 0.387. The lowest BCUT2D eigenvalue weighted by atomic mass is 9.79. The zero-order valence-corrected chi connectivity index (χ0v) is 17.0. The Balaban J connectivity index is 1.90. The molecule has 1 nitrogen and oxygen atoms in total. The van der Waals surface area contributed by atoms with Gasteiger partial charge in [-0.25, -0.2) is 0 Å². The van der Waals surface area contributed by atoms with Crippen LogP contribution in [-0.4, -0.2) is 0 Å². The molecule has 0 aromatic heterocycles. The van der Waals surface area contributed by atoms with Crippen molar-refractivity contribution in [3.63, 3.8) is 0 Å². The van der Waals surface area contributed by atoms with E-state index in [-0.39, 0.29) is 0 Å². The predicted octanol–water partition coefficient (Wildman–Crippen LogP) is 8.09. The molecule has 3 aromatic rings. The van der Waals surface area contributed by atoms with Crippen LogP contribution in [0.5, 0.6) is 0 Å². The number of anilines is 3. The molecule has 0 bridgehead atoms. The molecule has 1 unspecified atom stereocenters. The van der Waals surface area contributed by atoms with E-state index in [1.807, 2.05) is 0 Å². The van der Waals surface area contributed by atoms with Gasteiger partial charge >= 0.3 is 0 Å². The molecular weight excluding hydrogens is 326 g/mol. The summed E-state index contributed by atoms with van der Waals surface area (Å²) in [7, 11) is 0. The predicted molar refractivity (Wildman–Crippen MR) is 118 cm³/mol. The molecule has 0 saturated carbocycles. The third kappa shape index (κ3) is 4.80. The van der Waals surface area contributed by atoms with Crippen LogP contribution in [0.2, 0.25) is 0 Å². The highest BCUT2D eigenvalue weighted by molar-refractivity contribution is 5.76. The minimum Gasteiger partial charge on any atom is -0.311 e. The largest absolute Gasteiger partial charge is 0.311 e. The molecule has 1 atom stereocenters. The van der Waals surface area contributed by atoms with Crippen molar-refractivity contribution < 1.29 is 0 Å². The zero-order valence-electron chi connectivity index (χ0n) is 17.0. The van der Waals surface area contributed by atoms with Gasteiger partial charge in [-0.1, -0.05) is 82.6 Å². The zero-order chi connectivity index (χ0) is 19.3. The fourth-order valence-electron chi connectivity index (χ4n) is 3.64. The summed E-state index contributed by atoms with van der Waals surface area (Å²) in [5.41, 5.74) is 5.35. The second-order valence-electron chi connectivity index (χ2n) is 8.22. The lowest BCUT2D eigenvalue weighted by Crippen LogP contribution is -2.14. The number of rotatable bonds is 7. The summed E-state index contributed by atoms with van der Waals surface area (Å²) in [6, 6.07) is 30.2. The number of nitrogens with zero attached hydrogens (tertiary/aromatic N) is 1. The van der Waals surface area contributed by atoms with Crippen molar-refractivity contribution in [1.29, 1.82) is 0 Å². The molecule has 0 spiro atoms. The summed E-state index contributed by atoms with van der Waals surface area (Å²) in [4.78, 5) is 2.31. The Morgan fingerprint density at radius 3 is 1.59 bits per heavy atom. The fourth-order valence-corrected chi connectivity index (χ4v) is 3.64. The molecule has 0 saturated heterocycles. The van der Waals surface area contributed by atoms with Gasteiger partial charge < -0.3 is 4.90 Å². The lowest BCUT2D eigenvalue weighted by molar-refractivity contribution is 0.299. The molecule has 0 fully saturated rings. The van der Waals surface area contributed by atoms with E-state index in [9.17, 15) is 0 Å². The van der Waals surface area contributed by atoms with Crippen LogP contribution in [0.1, 0.15) is 52.0 Å². The Morgan fingerprint density at radius 1 is 0.704 bits per heavy atom. The number of hydrogen-bond acceptors (Lipinski definition) is 1. The lowest BCUT2D eigenvalue weighted by Gasteiger charge is -2.28. The van der Waals surface area contributed by atoms with Crippen molar-refractivity contribution >= 4 is 17.1 Å². The average molecular weight is 358 g/mol. The summed E-state index contributed by atoms with van der Waals surface area (Å²) < 4.78 is 0. The highest BCUT2D eigenvalue weighted by Crippen LogP contribution is 2.37. The van der Waals surface area contributed by atoms with Gasteiger partial charge in [0.05, 0.1) is 0 Å². The van der Waals surface area contributed by atoms with Gasteiger partial charge in [0.1, 0.15) is 0 Å². The number of hydrogen-bond donors (Lipinski definition) is 0. The molecule has 3 aromatic carbocycles. The molecule has 0 heterocycles. The topological polar surface area (TPSA) is 3.24 Å². The second-order valence-corrected chi connectivity index (χ2v) is 8.22. The maximum Gasteiger partial charge on any atom is 0.0461 e. The monoisotopic (exact) mass is 357 g/mol. The molecule has 1 heteroatoms. The Kier molecular flexibility index (Phi) is 6.01. The van der Waals surface area contributed by atoms with Crippen LogP contribution in [0, 0.1) is 5.41 Å². The SMILES string of the molecule is CCC(C)(C)CC(C)c1ccc(N(c2ccccc2)c2ccccc2)cc1. The summed E-state index contributed by atoms with van der Waals surface area (Å²) in [5.74, 6) is 0.566. The van der Waals surface area contributed by atoms with E-state index in [2.05, 4.69) is 118 Å². The average Bonchev–Trinajstić information content (AvgIpc) is 2.70. The van der Waals surface area contributed by atoms with Crippen LogP contribution >= 0.6 is 0 Å². The van der Waals surface area contributed by atoms with E-state index in [4.69, 9.17) is 0 Å². The van der Waals surface area contributed by atoms with Crippen molar-refractivity contribution in [2.24, 2.45) is 5.41 Å². The molecule has 0 N–H and O–H groups in total. The summed E-state index contributed by atoms with van der Waals surface area (Å²) in [6.07, 6.45) is 2.43. The maximum absolute atomic E-state index is 2.37. The molecule has 27 heavy (non-hydrogen) atoms. The minimum absolute atomic E-state index is 0.387. The first-order valence-electron chi connectivity index (χ1n) is 10.0. The van der Waals surface area contributed by atoms with E-state index >= 15 is 0 Å². The van der Waals surface area contributed by atoms with Gasteiger partial charge in [0.25, 0.3) is 0 Å². The molecule has 0 amide bonds. The van der Waals surface area contributed by atoms with Crippen LogP contribution in [0.15, 0.2) is 84.9 Å². The van der Waals surface area contributed by atoms with E-state index in [1.54, 1.807) is 0 Å². The van der Waals surface area contributed by atoms with E-state index in [1.165, 1.54) is 35.5 Å². The van der Waals surface area contributed by atoms with Gasteiger partial charge in [-0.15, -0.1) is 0 Å². The van der Waals surface area contributed by atoms with E-state index in [0.717, 1.165) is 0 Å². The van der Waals surface area contributed by atoms with Gasteiger partial charge in [-0.2, -0.15) is 0 Å². The smallest absolute Gasteiger partial charge is 0.0461 e. The van der Waals surface area contributed by atoms with Gasteiger partial charge in [-0.3, -0.25) is 0 Å². The standard InChI is InChI=1S/C26H31N/c1-5-26(3,4)20-21(2)22-16-18-25(19-17-22)27(23-12-8-6-9-13-23)24-14-10-7-11-15-24/h6-19,21H,5,20H2,1-4H3. The molecule has 3 rings (SSSR count). The normalized spacial score (nSPS) is 12.6. The van der Waals surface area contributed by atoms with E-state index in [0.29, 0.717) is 11.3 Å². The van der Waals surface area contributed by atoms with Crippen molar-refractivity contribution in [2.45, 2.75) is 46.5 Å². The van der Waals surface area contributed by atoms with Crippen LogP contribution in [0.25, 0.3) is 0 Å². The first-order chi connectivity index (χ1) is 13.0. The first-order valence-corrected chi connectivity index (χ1v) is 10.0. The van der Waals surface area contributed by atoms with Crippen LogP contribution in [-0.2, 0) is 0 Å².